The molecule has 1 N–H and O–H groups in total. The van der Waals surface area contributed by atoms with E-state index in [1.54, 1.807) is 18.2 Å². The molecular weight excluding hydrogens is 343 g/mol. The second kappa shape index (κ2) is 7.36. The fraction of sp³-hybridized carbons (Fsp3) is 0.167. The first-order valence-electron chi connectivity index (χ1n) is 7.35. The molecule has 5 nitrogen and oxygen atoms in total. The van der Waals surface area contributed by atoms with Gasteiger partial charge in [-0.1, -0.05) is 12.0 Å². The number of nitrogens with zero attached hydrogens (tertiary/aromatic N) is 1. The second-order valence-corrected chi connectivity index (χ2v) is 7.12. The summed E-state index contributed by atoms with van der Waals surface area (Å²) < 4.78 is 40.5. The Morgan fingerprint density at radius 1 is 1.28 bits per heavy atom. The van der Waals surface area contributed by atoms with E-state index in [4.69, 9.17) is 6.42 Å². The maximum atomic E-state index is 13.3. The van der Waals surface area contributed by atoms with Crippen molar-refractivity contribution in [2.75, 3.05) is 17.9 Å². The SMILES string of the molecule is C#Cc1cccc(N(CC(=O)NC)S(=O)(=O)c2ccc(F)cc2C)c1. The summed E-state index contributed by atoms with van der Waals surface area (Å²) in [5, 5.41) is 2.40. The first kappa shape index (κ1) is 18.5. The van der Waals surface area contributed by atoms with Crippen LogP contribution in [0.4, 0.5) is 10.1 Å². The quantitative estimate of drug-likeness (QED) is 0.830. The van der Waals surface area contributed by atoms with Gasteiger partial charge in [-0.05, 0) is 48.9 Å². The van der Waals surface area contributed by atoms with Gasteiger partial charge in [0.1, 0.15) is 12.4 Å². The van der Waals surface area contributed by atoms with Crippen LogP contribution in [0.5, 0.6) is 0 Å². The molecule has 0 spiro atoms. The second-order valence-electron chi connectivity index (χ2n) is 5.29. The van der Waals surface area contributed by atoms with Crippen LogP contribution in [0.1, 0.15) is 11.1 Å². The van der Waals surface area contributed by atoms with E-state index >= 15 is 0 Å². The number of carbonyl (C=O) groups excluding carboxylic acids is 1. The van der Waals surface area contributed by atoms with Crippen molar-refractivity contribution in [3.8, 4) is 12.3 Å². The zero-order valence-corrected chi connectivity index (χ0v) is 14.6. The van der Waals surface area contributed by atoms with Gasteiger partial charge in [0.05, 0.1) is 10.6 Å². The molecule has 2 aromatic rings. The number of halogens is 1. The number of likely N-dealkylation sites (N-methyl/N-ethyl adjacent to an activating group) is 1. The first-order chi connectivity index (χ1) is 11.8. The van der Waals surface area contributed by atoms with Crippen molar-refractivity contribution in [3.63, 3.8) is 0 Å². The summed E-state index contributed by atoms with van der Waals surface area (Å²) in [6, 6.07) is 9.67. The molecule has 0 aromatic heterocycles. The molecule has 2 aromatic carbocycles. The van der Waals surface area contributed by atoms with Crippen LogP contribution < -0.4 is 9.62 Å². The van der Waals surface area contributed by atoms with Gasteiger partial charge in [-0.15, -0.1) is 6.42 Å². The highest BCUT2D eigenvalue weighted by atomic mass is 32.2. The number of hydrogen-bond donors (Lipinski definition) is 1. The third kappa shape index (κ3) is 3.98. The van der Waals surface area contributed by atoms with E-state index < -0.39 is 28.3 Å². The minimum Gasteiger partial charge on any atom is -0.358 e. The number of sulfonamides is 1. The van der Waals surface area contributed by atoms with Crippen LogP contribution in [0.25, 0.3) is 0 Å². The standard InChI is InChI=1S/C18H17FN2O3S/c1-4-14-6-5-7-16(11-14)21(12-18(22)20-3)25(23,24)17-9-8-15(19)10-13(17)2/h1,5-11H,12H2,2-3H3,(H,20,22). The number of hydrogen-bond acceptors (Lipinski definition) is 3. The summed E-state index contributed by atoms with van der Waals surface area (Å²) in [6.45, 7) is 1.07. The average Bonchev–Trinajstić information content (AvgIpc) is 2.58. The number of nitrogens with one attached hydrogen (secondary N) is 1. The normalized spacial score (nSPS) is 10.8. The highest BCUT2D eigenvalue weighted by Crippen LogP contribution is 2.26. The van der Waals surface area contributed by atoms with Gasteiger partial charge in [0, 0.05) is 12.6 Å². The van der Waals surface area contributed by atoms with Gasteiger partial charge >= 0.3 is 0 Å². The lowest BCUT2D eigenvalue weighted by Crippen LogP contribution is -2.40. The highest BCUT2D eigenvalue weighted by molar-refractivity contribution is 7.93. The summed E-state index contributed by atoms with van der Waals surface area (Å²) in [6.07, 6.45) is 5.37. The summed E-state index contributed by atoms with van der Waals surface area (Å²) in [5.74, 6) is 1.40. The van der Waals surface area contributed by atoms with E-state index in [1.165, 1.54) is 26.1 Å². The van der Waals surface area contributed by atoms with Gasteiger partial charge in [0.25, 0.3) is 10.0 Å². The number of aryl methyl sites for hydroxylation is 1. The van der Waals surface area contributed by atoms with Gasteiger partial charge in [-0.2, -0.15) is 0 Å². The number of benzene rings is 2. The van der Waals surface area contributed by atoms with Gasteiger partial charge in [0.15, 0.2) is 0 Å². The Bertz CT molecular complexity index is 949. The van der Waals surface area contributed by atoms with Crippen LogP contribution in [-0.4, -0.2) is 27.9 Å². The summed E-state index contributed by atoms with van der Waals surface area (Å²) in [4.78, 5) is 11.8. The zero-order chi connectivity index (χ0) is 18.6. The lowest BCUT2D eigenvalue weighted by molar-refractivity contribution is -0.119. The molecule has 0 heterocycles. The maximum Gasteiger partial charge on any atom is 0.265 e. The number of amides is 1. The Balaban J connectivity index is 2.61. The zero-order valence-electron chi connectivity index (χ0n) is 13.8. The van der Waals surface area contributed by atoms with Crippen LogP contribution in [-0.2, 0) is 14.8 Å². The molecule has 0 aliphatic heterocycles. The Hall–Kier alpha value is -2.85. The van der Waals surface area contributed by atoms with Gasteiger partial charge in [-0.3, -0.25) is 9.10 Å². The predicted molar refractivity (Wildman–Crippen MR) is 94.1 cm³/mol. The van der Waals surface area contributed by atoms with E-state index in [1.807, 2.05) is 0 Å². The minimum atomic E-state index is -4.09. The highest BCUT2D eigenvalue weighted by Gasteiger charge is 2.28. The molecular formula is C18H17FN2O3S. The molecule has 0 saturated heterocycles. The topological polar surface area (TPSA) is 66.5 Å². The van der Waals surface area contributed by atoms with Crippen molar-refractivity contribution in [1.82, 2.24) is 5.32 Å². The fourth-order valence-electron chi connectivity index (χ4n) is 2.30. The number of carbonyl (C=O) groups is 1. The van der Waals surface area contributed by atoms with Crippen LogP contribution in [0.2, 0.25) is 0 Å². The van der Waals surface area contributed by atoms with Crippen molar-refractivity contribution in [3.05, 3.63) is 59.4 Å². The van der Waals surface area contributed by atoms with Crippen molar-refractivity contribution < 1.29 is 17.6 Å². The summed E-state index contributed by atoms with van der Waals surface area (Å²) in [5.41, 5.74) is 0.975. The van der Waals surface area contributed by atoms with E-state index in [2.05, 4.69) is 11.2 Å². The molecule has 1 amide bonds. The minimum absolute atomic E-state index is 0.0797. The van der Waals surface area contributed by atoms with Gasteiger partial charge < -0.3 is 5.32 Å². The maximum absolute atomic E-state index is 13.3. The predicted octanol–water partition coefficient (Wildman–Crippen LogP) is 2.06. The van der Waals surface area contributed by atoms with Gasteiger partial charge in [-0.25, -0.2) is 12.8 Å². The smallest absolute Gasteiger partial charge is 0.265 e. The van der Waals surface area contributed by atoms with Crippen LogP contribution in [0.3, 0.4) is 0 Å². The molecule has 25 heavy (non-hydrogen) atoms. The molecule has 0 fully saturated rings. The first-order valence-corrected chi connectivity index (χ1v) is 8.79. The number of anilines is 1. The van der Waals surface area contributed by atoms with Crippen LogP contribution >= 0.6 is 0 Å². The third-order valence-electron chi connectivity index (χ3n) is 3.57. The molecule has 0 aliphatic carbocycles. The van der Waals surface area contributed by atoms with Crippen molar-refractivity contribution >= 4 is 21.6 Å². The van der Waals surface area contributed by atoms with E-state index in [9.17, 15) is 17.6 Å². The van der Waals surface area contributed by atoms with Crippen molar-refractivity contribution in [1.29, 1.82) is 0 Å². The molecule has 0 aliphatic rings. The molecule has 0 atom stereocenters. The molecule has 0 radical (unpaired) electrons. The Kier molecular flexibility index (Phi) is 5.45. The average molecular weight is 360 g/mol. The van der Waals surface area contributed by atoms with Crippen molar-refractivity contribution in [2.24, 2.45) is 0 Å². The fourth-order valence-corrected chi connectivity index (χ4v) is 3.92. The van der Waals surface area contributed by atoms with Gasteiger partial charge in [0.2, 0.25) is 5.91 Å². The van der Waals surface area contributed by atoms with Crippen LogP contribution in [0.15, 0.2) is 47.4 Å². The van der Waals surface area contributed by atoms with E-state index in [0.29, 0.717) is 5.56 Å². The van der Waals surface area contributed by atoms with Crippen LogP contribution in [0, 0.1) is 25.1 Å². The largest absolute Gasteiger partial charge is 0.358 e. The Morgan fingerprint density at radius 3 is 2.60 bits per heavy atom. The van der Waals surface area contributed by atoms with Crippen molar-refractivity contribution in [2.45, 2.75) is 11.8 Å². The Labute approximate surface area is 146 Å². The summed E-state index contributed by atoms with van der Waals surface area (Å²) in [7, 11) is -2.68. The lowest BCUT2D eigenvalue weighted by atomic mass is 10.2. The lowest BCUT2D eigenvalue weighted by Gasteiger charge is -2.24. The molecule has 0 unspecified atom stereocenters. The molecule has 0 saturated carbocycles. The van der Waals surface area contributed by atoms with E-state index in [0.717, 1.165) is 16.4 Å². The summed E-state index contributed by atoms with van der Waals surface area (Å²) >= 11 is 0. The third-order valence-corrected chi connectivity index (χ3v) is 5.51. The number of rotatable bonds is 5. The van der Waals surface area contributed by atoms with E-state index in [-0.39, 0.29) is 16.1 Å². The molecule has 2 rings (SSSR count). The molecule has 130 valence electrons. The molecule has 7 heteroatoms. The number of terminal acetylenes is 1. The molecule has 0 bridgehead atoms. The monoisotopic (exact) mass is 360 g/mol. The Morgan fingerprint density at radius 2 is 2.00 bits per heavy atom.